The summed E-state index contributed by atoms with van der Waals surface area (Å²) in [5.41, 5.74) is 0.637. The maximum Gasteiger partial charge on any atom is 0.257 e. The maximum absolute atomic E-state index is 10.8. The lowest BCUT2D eigenvalue weighted by atomic mass is 10.3. The largest absolute Gasteiger partial charge is 0.363 e. The van der Waals surface area contributed by atoms with Gasteiger partial charge in [0.25, 0.3) is 5.70 Å². The van der Waals surface area contributed by atoms with Gasteiger partial charge in [-0.1, -0.05) is 15.9 Å². The van der Waals surface area contributed by atoms with E-state index < -0.39 is 0 Å². The van der Waals surface area contributed by atoms with Crippen LogP contribution in [0, 0.1) is 4.91 Å². The van der Waals surface area contributed by atoms with Crippen LogP contribution in [0.25, 0.3) is 0 Å². The van der Waals surface area contributed by atoms with E-state index in [2.05, 4.69) is 37.2 Å². The zero-order chi connectivity index (χ0) is 8.43. The second kappa shape index (κ2) is 3.49. The molecule has 0 aromatic carbocycles. The van der Waals surface area contributed by atoms with Crippen molar-refractivity contribution in [2.75, 3.05) is 7.05 Å². The molecule has 1 rings (SSSR count). The minimum atomic E-state index is 0.0216. The van der Waals surface area contributed by atoms with Crippen LogP contribution in [0.2, 0.25) is 0 Å². The van der Waals surface area contributed by atoms with Gasteiger partial charge in [-0.05, 0) is 15.9 Å². The molecule has 0 saturated carbocycles. The topological polar surface area (TPSA) is 32.1 Å². The van der Waals surface area contributed by atoms with Crippen molar-refractivity contribution in [1.82, 2.24) is 5.32 Å². The Morgan fingerprint density at radius 3 is 2.82 bits per heavy atom. The lowest BCUT2D eigenvalue weighted by Gasteiger charge is -2.11. The van der Waals surface area contributed by atoms with Crippen LogP contribution in [0.4, 0.5) is 0 Å². The number of nitroso groups, excluding NO2 is 1. The fourth-order valence-electron chi connectivity index (χ4n) is 0.739. The predicted molar refractivity (Wildman–Crippen MR) is 50.5 cm³/mol. The third-order valence-corrected chi connectivity index (χ3v) is 2.18. The SMILES string of the molecule is C[N+](=O)C1=CC(Br)NC(Br)=C1. The van der Waals surface area contributed by atoms with E-state index in [0.717, 1.165) is 9.37 Å². The Morgan fingerprint density at radius 1 is 1.73 bits per heavy atom. The van der Waals surface area contributed by atoms with Gasteiger partial charge in [0, 0.05) is 21.8 Å². The number of dihydropyridines is 1. The lowest BCUT2D eigenvalue weighted by Crippen LogP contribution is -2.23. The quantitative estimate of drug-likeness (QED) is 0.452. The smallest absolute Gasteiger partial charge is 0.257 e. The molecule has 1 unspecified atom stereocenters. The highest BCUT2D eigenvalue weighted by Gasteiger charge is 2.17. The first-order valence-electron chi connectivity index (χ1n) is 3.00. The van der Waals surface area contributed by atoms with Crippen molar-refractivity contribution in [2.45, 2.75) is 4.95 Å². The average Bonchev–Trinajstić information content (AvgIpc) is 1.85. The summed E-state index contributed by atoms with van der Waals surface area (Å²) in [6, 6.07) is 0. The number of alkyl halides is 1. The van der Waals surface area contributed by atoms with Crippen LogP contribution < -0.4 is 5.32 Å². The van der Waals surface area contributed by atoms with Gasteiger partial charge in [-0.2, -0.15) is 0 Å². The number of nitrogens with one attached hydrogen (secondary N) is 1. The van der Waals surface area contributed by atoms with Gasteiger partial charge in [0.1, 0.15) is 4.95 Å². The van der Waals surface area contributed by atoms with E-state index in [-0.39, 0.29) is 4.95 Å². The molecule has 0 amide bonds. The van der Waals surface area contributed by atoms with Crippen LogP contribution in [-0.2, 0) is 0 Å². The number of rotatable bonds is 1. The Bertz CT molecular complexity index is 247. The first kappa shape index (κ1) is 8.93. The van der Waals surface area contributed by atoms with Crippen LogP contribution in [0.15, 0.2) is 22.5 Å². The van der Waals surface area contributed by atoms with Gasteiger partial charge in [-0.25, -0.2) is 0 Å². The summed E-state index contributed by atoms with van der Waals surface area (Å²) in [4.78, 5) is 10.8. The van der Waals surface area contributed by atoms with Crippen molar-refractivity contribution in [2.24, 2.45) is 0 Å². The van der Waals surface area contributed by atoms with Gasteiger partial charge < -0.3 is 5.32 Å². The van der Waals surface area contributed by atoms with E-state index in [9.17, 15) is 4.91 Å². The van der Waals surface area contributed by atoms with Crippen LogP contribution in [0.5, 0.6) is 0 Å². The average molecular weight is 283 g/mol. The summed E-state index contributed by atoms with van der Waals surface area (Å²) in [7, 11) is 1.47. The molecule has 5 heteroatoms. The minimum Gasteiger partial charge on any atom is -0.363 e. The van der Waals surface area contributed by atoms with Crippen molar-refractivity contribution >= 4 is 31.9 Å². The molecule has 0 radical (unpaired) electrons. The van der Waals surface area contributed by atoms with E-state index in [1.807, 2.05) is 0 Å². The first-order valence-corrected chi connectivity index (χ1v) is 4.71. The zero-order valence-electron chi connectivity index (χ0n) is 5.84. The number of allylic oxidation sites excluding steroid dienone is 1. The van der Waals surface area contributed by atoms with Gasteiger partial charge in [-0.15, -0.1) is 0 Å². The summed E-state index contributed by atoms with van der Waals surface area (Å²) in [6.07, 6.45) is 3.52. The fourth-order valence-corrected chi connectivity index (χ4v) is 2.04. The Morgan fingerprint density at radius 2 is 2.36 bits per heavy atom. The van der Waals surface area contributed by atoms with E-state index in [0.29, 0.717) is 5.70 Å². The second-order valence-corrected chi connectivity index (χ2v) is 3.97. The van der Waals surface area contributed by atoms with Gasteiger partial charge in [0.2, 0.25) is 0 Å². The number of halogens is 2. The number of nitrogens with zero attached hydrogens (tertiary/aromatic N) is 1. The summed E-state index contributed by atoms with van der Waals surface area (Å²) >= 11 is 6.56. The van der Waals surface area contributed by atoms with E-state index in [1.165, 1.54) is 7.05 Å². The Hall–Kier alpha value is -0.160. The van der Waals surface area contributed by atoms with Crippen molar-refractivity contribution in [3.05, 3.63) is 27.4 Å². The molecule has 60 valence electrons. The standard InChI is InChI=1S/C6H7Br2N2O/c1-10(11)4-2-5(7)9-6(8)3-4/h2-3,5,9H,1H3/q+1. The molecule has 1 atom stereocenters. The van der Waals surface area contributed by atoms with Gasteiger partial charge >= 0.3 is 0 Å². The zero-order valence-corrected chi connectivity index (χ0v) is 9.02. The monoisotopic (exact) mass is 281 g/mol. The molecule has 1 N–H and O–H groups in total. The molecule has 1 aliphatic heterocycles. The molecule has 0 aromatic heterocycles. The van der Waals surface area contributed by atoms with Gasteiger partial charge in [0.05, 0.1) is 4.61 Å². The van der Waals surface area contributed by atoms with E-state index >= 15 is 0 Å². The summed E-state index contributed by atoms with van der Waals surface area (Å²) in [5, 5.41) is 3.02. The molecule has 0 aliphatic carbocycles. The van der Waals surface area contributed by atoms with E-state index in [1.54, 1.807) is 12.2 Å². The highest BCUT2D eigenvalue weighted by atomic mass is 79.9. The summed E-state index contributed by atoms with van der Waals surface area (Å²) in [5.74, 6) is 0. The highest BCUT2D eigenvalue weighted by Crippen LogP contribution is 2.17. The van der Waals surface area contributed by atoms with Gasteiger partial charge in [-0.3, -0.25) is 0 Å². The lowest BCUT2D eigenvalue weighted by molar-refractivity contribution is -0.461. The first-order chi connectivity index (χ1) is 5.09. The number of likely N-dealkylation sites (N-methyl/N-ethyl adjacent to an activating group) is 1. The summed E-state index contributed by atoms with van der Waals surface area (Å²) < 4.78 is 1.62. The predicted octanol–water partition coefficient (Wildman–Crippen LogP) is 1.84. The molecule has 0 fully saturated rings. The molecule has 11 heavy (non-hydrogen) atoms. The molecule has 1 aliphatic rings. The summed E-state index contributed by atoms with van der Waals surface area (Å²) in [6.45, 7) is 0. The number of hydrogen-bond donors (Lipinski definition) is 1. The minimum absolute atomic E-state index is 0.0216. The molecular weight excluding hydrogens is 276 g/mol. The third-order valence-electron chi connectivity index (χ3n) is 1.23. The maximum atomic E-state index is 10.8. The van der Waals surface area contributed by atoms with Crippen LogP contribution in [0.1, 0.15) is 0 Å². The van der Waals surface area contributed by atoms with E-state index in [4.69, 9.17) is 0 Å². The molecule has 0 saturated heterocycles. The van der Waals surface area contributed by atoms with Crippen LogP contribution in [-0.4, -0.2) is 16.8 Å². The molecule has 0 spiro atoms. The number of hydrogen-bond acceptors (Lipinski definition) is 2. The van der Waals surface area contributed by atoms with Crippen molar-refractivity contribution in [3.63, 3.8) is 0 Å². The van der Waals surface area contributed by atoms with Gasteiger partial charge in [0.15, 0.2) is 7.05 Å². The molecule has 1 heterocycles. The second-order valence-electron chi connectivity index (χ2n) is 2.13. The van der Waals surface area contributed by atoms with Crippen molar-refractivity contribution in [1.29, 1.82) is 0 Å². The Kier molecular flexibility index (Phi) is 2.84. The molecule has 0 bridgehead atoms. The van der Waals surface area contributed by atoms with Crippen LogP contribution in [0.3, 0.4) is 0 Å². The third kappa shape index (κ3) is 2.41. The molecule has 0 aromatic rings. The Balaban J connectivity index is 2.87. The molecule has 3 nitrogen and oxygen atoms in total. The normalized spacial score (nSPS) is 23.4. The van der Waals surface area contributed by atoms with Crippen LogP contribution >= 0.6 is 31.9 Å². The fraction of sp³-hybridized carbons (Fsp3) is 0.333. The highest BCUT2D eigenvalue weighted by molar-refractivity contribution is 9.12. The Labute approximate surface area is 81.4 Å². The molecular formula is C6H7Br2N2O+. The van der Waals surface area contributed by atoms with Crippen molar-refractivity contribution < 1.29 is 4.76 Å². The van der Waals surface area contributed by atoms with Crippen molar-refractivity contribution in [3.8, 4) is 0 Å².